The minimum atomic E-state index is -0.838. The molecule has 0 bridgehead atoms. The summed E-state index contributed by atoms with van der Waals surface area (Å²) in [5, 5.41) is 8.57. The lowest BCUT2D eigenvalue weighted by molar-refractivity contribution is -0.140. The first kappa shape index (κ1) is 12.0. The summed E-state index contributed by atoms with van der Waals surface area (Å²) in [6.07, 6.45) is 1.57. The normalized spacial score (nSPS) is 22.2. The second kappa shape index (κ2) is 5.14. The van der Waals surface area contributed by atoms with E-state index >= 15 is 0 Å². The Bertz CT molecular complexity index is 250. The number of piperidine rings is 1. The molecule has 1 fully saturated rings. The fourth-order valence-electron chi connectivity index (χ4n) is 1.93. The molecule has 0 spiro atoms. The maximum absolute atomic E-state index is 11.5. The van der Waals surface area contributed by atoms with Crippen LogP contribution in [0.3, 0.4) is 0 Å². The van der Waals surface area contributed by atoms with Crippen molar-refractivity contribution in [2.24, 2.45) is 11.8 Å². The first-order valence-electron chi connectivity index (χ1n) is 5.50. The lowest BCUT2D eigenvalue weighted by Crippen LogP contribution is -2.42. The molecule has 1 amide bonds. The van der Waals surface area contributed by atoms with Crippen LogP contribution in [-0.4, -0.2) is 35.0 Å². The van der Waals surface area contributed by atoms with Crippen molar-refractivity contribution in [3.63, 3.8) is 0 Å². The number of hydrogen-bond acceptors (Lipinski definition) is 2. The highest BCUT2D eigenvalue weighted by Gasteiger charge is 2.27. The third kappa shape index (κ3) is 3.53. The Morgan fingerprint density at radius 3 is 2.80 bits per heavy atom. The predicted octanol–water partition coefficient (Wildman–Crippen LogP) is 1.36. The van der Waals surface area contributed by atoms with Gasteiger partial charge in [0.2, 0.25) is 5.91 Å². The highest BCUT2D eigenvalue weighted by molar-refractivity contribution is 5.77. The molecule has 1 heterocycles. The zero-order valence-corrected chi connectivity index (χ0v) is 9.40. The van der Waals surface area contributed by atoms with Crippen LogP contribution in [0.15, 0.2) is 0 Å². The van der Waals surface area contributed by atoms with Gasteiger partial charge in [-0.25, -0.2) is 0 Å². The van der Waals surface area contributed by atoms with Crippen LogP contribution in [0.4, 0.5) is 0 Å². The first-order valence-corrected chi connectivity index (χ1v) is 5.50. The summed E-state index contributed by atoms with van der Waals surface area (Å²) in [6, 6.07) is 0. The summed E-state index contributed by atoms with van der Waals surface area (Å²) in [7, 11) is 0. The largest absolute Gasteiger partial charge is 0.481 e. The summed E-state index contributed by atoms with van der Waals surface area (Å²) in [4.78, 5) is 23.6. The van der Waals surface area contributed by atoms with E-state index in [0.717, 1.165) is 13.0 Å². The fourth-order valence-corrected chi connectivity index (χ4v) is 1.93. The molecule has 1 atom stereocenters. The Kier molecular flexibility index (Phi) is 4.12. The highest BCUT2D eigenvalue weighted by Crippen LogP contribution is 2.24. The second-order valence-electron chi connectivity index (χ2n) is 4.53. The van der Waals surface area contributed by atoms with Crippen LogP contribution in [0, 0.1) is 11.8 Å². The van der Waals surface area contributed by atoms with Crippen molar-refractivity contribution in [3.05, 3.63) is 0 Å². The van der Waals surface area contributed by atoms with Crippen LogP contribution in [0.1, 0.15) is 33.1 Å². The standard InChI is InChI=1S/C11H19NO3/c1-8(2)9-3-4-10(13)12(7-9)6-5-11(14)15/h8-9H,3-7H2,1-2H3,(H,14,15). The van der Waals surface area contributed by atoms with Crippen molar-refractivity contribution in [1.82, 2.24) is 4.90 Å². The fraction of sp³-hybridized carbons (Fsp3) is 0.818. The molecule has 0 saturated carbocycles. The van der Waals surface area contributed by atoms with Crippen molar-refractivity contribution in [1.29, 1.82) is 0 Å². The van der Waals surface area contributed by atoms with Gasteiger partial charge < -0.3 is 10.0 Å². The molecule has 1 aliphatic heterocycles. The molecule has 15 heavy (non-hydrogen) atoms. The summed E-state index contributed by atoms with van der Waals surface area (Å²) < 4.78 is 0. The third-order valence-corrected chi connectivity index (χ3v) is 3.07. The van der Waals surface area contributed by atoms with Crippen molar-refractivity contribution in [2.75, 3.05) is 13.1 Å². The zero-order chi connectivity index (χ0) is 11.4. The van der Waals surface area contributed by atoms with Gasteiger partial charge in [0.15, 0.2) is 0 Å². The average Bonchev–Trinajstić information content (AvgIpc) is 2.16. The van der Waals surface area contributed by atoms with Gasteiger partial charge in [0.25, 0.3) is 0 Å². The van der Waals surface area contributed by atoms with Gasteiger partial charge in [-0.15, -0.1) is 0 Å². The number of rotatable bonds is 4. The summed E-state index contributed by atoms with van der Waals surface area (Å²) in [5.41, 5.74) is 0. The maximum atomic E-state index is 11.5. The number of nitrogens with zero attached hydrogens (tertiary/aromatic N) is 1. The molecule has 1 unspecified atom stereocenters. The zero-order valence-electron chi connectivity index (χ0n) is 9.40. The number of hydrogen-bond donors (Lipinski definition) is 1. The summed E-state index contributed by atoms with van der Waals surface area (Å²) >= 11 is 0. The molecule has 0 aromatic heterocycles. The first-order chi connectivity index (χ1) is 7.00. The van der Waals surface area contributed by atoms with Gasteiger partial charge in [0.05, 0.1) is 6.42 Å². The molecule has 0 aliphatic carbocycles. The van der Waals surface area contributed by atoms with E-state index in [1.54, 1.807) is 4.90 Å². The second-order valence-corrected chi connectivity index (χ2v) is 4.53. The number of likely N-dealkylation sites (tertiary alicyclic amines) is 1. The molecule has 1 rings (SSSR count). The Hall–Kier alpha value is -1.06. The van der Waals surface area contributed by atoms with E-state index in [1.165, 1.54) is 0 Å². The number of carbonyl (C=O) groups excluding carboxylic acids is 1. The van der Waals surface area contributed by atoms with Crippen LogP contribution >= 0.6 is 0 Å². The molecule has 86 valence electrons. The minimum absolute atomic E-state index is 0.0521. The quantitative estimate of drug-likeness (QED) is 0.767. The Labute approximate surface area is 90.3 Å². The Balaban J connectivity index is 2.46. The topological polar surface area (TPSA) is 57.6 Å². The smallest absolute Gasteiger partial charge is 0.305 e. The Morgan fingerprint density at radius 1 is 1.60 bits per heavy atom. The van der Waals surface area contributed by atoms with Crippen molar-refractivity contribution >= 4 is 11.9 Å². The minimum Gasteiger partial charge on any atom is -0.481 e. The predicted molar refractivity (Wildman–Crippen MR) is 56.4 cm³/mol. The molecule has 0 aromatic rings. The maximum Gasteiger partial charge on any atom is 0.305 e. The number of amides is 1. The monoisotopic (exact) mass is 213 g/mol. The highest BCUT2D eigenvalue weighted by atomic mass is 16.4. The molecule has 1 N–H and O–H groups in total. The van der Waals surface area contributed by atoms with Gasteiger partial charge in [-0.05, 0) is 18.3 Å². The lowest BCUT2D eigenvalue weighted by atomic mass is 9.87. The van der Waals surface area contributed by atoms with E-state index in [4.69, 9.17) is 5.11 Å². The SMILES string of the molecule is CC(C)C1CCC(=O)N(CCC(=O)O)C1. The molecular weight excluding hydrogens is 194 g/mol. The van der Waals surface area contributed by atoms with Crippen LogP contribution in [0.25, 0.3) is 0 Å². The summed E-state index contributed by atoms with van der Waals surface area (Å²) in [6.45, 7) is 5.38. The van der Waals surface area contributed by atoms with Crippen LogP contribution < -0.4 is 0 Å². The average molecular weight is 213 g/mol. The van der Waals surface area contributed by atoms with Crippen LogP contribution in [0.5, 0.6) is 0 Å². The van der Waals surface area contributed by atoms with E-state index in [-0.39, 0.29) is 12.3 Å². The van der Waals surface area contributed by atoms with E-state index in [9.17, 15) is 9.59 Å². The van der Waals surface area contributed by atoms with Crippen molar-refractivity contribution in [3.8, 4) is 0 Å². The molecular formula is C11H19NO3. The van der Waals surface area contributed by atoms with Crippen molar-refractivity contribution in [2.45, 2.75) is 33.1 Å². The van der Waals surface area contributed by atoms with Gasteiger partial charge in [-0.3, -0.25) is 9.59 Å². The van der Waals surface area contributed by atoms with Gasteiger partial charge >= 0.3 is 5.97 Å². The molecule has 1 saturated heterocycles. The number of carbonyl (C=O) groups is 2. The molecule has 4 nitrogen and oxygen atoms in total. The lowest BCUT2D eigenvalue weighted by Gasteiger charge is -2.34. The molecule has 0 radical (unpaired) electrons. The molecule has 1 aliphatic rings. The summed E-state index contributed by atoms with van der Waals surface area (Å²) in [5.74, 6) is 0.351. The number of aliphatic carboxylic acids is 1. The van der Waals surface area contributed by atoms with Gasteiger partial charge in [0, 0.05) is 19.5 Å². The third-order valence-electron chi connectivity index (χ3n) is 3.07. The van der Waals surface area contributed by atoms with E-state index in [0.29, 0.717) is 24.8 Å². The van der Waals surface area contributed by atoms with E-state index in [1.807, 2.05) is 0 Å². The van der Waals surface area contributed by atoms with Crippen LogP contribution in [0.2, 0.25) is 0 Å². The van der Waals surface area contributed by atoms with E-state index in [2.05, 4.69) is 13.8 Å². The Morgan fingerprint density at radius 2 is 2.27 bits per heavy atom. The van der Waals surface area contributed by atoms with Crippen LogP contribution in [-0.2, 0) is 9.59 Å². The van der Waals surface area contributed by atoms with Crippen molar-refractivity contribution < 1.29 is 14.7 Å². The number of carboxylic acid groups (broad SMARTS) is 1. The van der Waals surface area contributed by atoms with Gasteiger partial charge in [-0.2, -0.15) is 0 Å². The number of carboxylic acids is 1. The molecule has 4 heteroatoms. The molecule has 0 aromatic carbocycles. The van der Waals surface area contributed by atoms with E-state index < -0.39 is 5.97 Å². The van der Waals surface area contributed by atoms with Gasteiger partial charge in [-0.1, -0.05) is 13.8 Å². The van der Waals surface area contributed by atoms with Gasteiger partial charge in [0.1, 0.15) is 0 Å².